The topological polar surface area (TPSA) is 54.5 Å². The number of Topliss-reactive ketones (excluding diaryl/α,β-unsaturated/α-hetero) is 1. The van der Waals surface area contributed by atoms with Crippen LogP contribution in [0, 0.1) is 11.7 Å². The average Bonchev–Trinajstić information content (AvgIpc) is 2.37. The van der Waals surface area contributed by atoms with Crippen molar-refractivity contribution in [1.29, 1.82) is 0 Å². The van der Waals surface area contributed by atoms with Crippen LogP contribution in [0.3, 0.4) is 0 Å². The molecule has 1 saturated heterocycles. The van der Waals surface area contributed by atoms with E-state index in [0.717, 1.165) is 12.8 Å². The summed E-state index contributed by atoms with van der Waals surface area (Å²) in [5.74, 6) is -0.880. The van der Waals surface area contributed by atoms with Crippen molar-refractivity contribution >= 4 is 31.7 Å². The number of carbonyl (C=O) groups excluding carboxylic acids is 1. The predicted molar refractivity (Wildman–Crippen MR) is 82.2 cm³/mol. The summed E-state index contributed by atoms with van der Waals surface area (Å²) in [7, 11) is -3.23. The van der Waals surface area contributed by atoms with Gasteiger partial charge in [0.25, 0.3) is 0 Å². The summed E-state index contributed by atoms with van der Waals surface area (Å²) in [5.41, 5.74) is 0.0645. The Morgan fingerprint density at radius 1 is 1.48 bits per heavy atom. The molecule has 0 N–H and O–H groups in total. The number of piperidine rings is 1. The van der Waals surface area contributed by atoms with E-state index in [9.17, 15) is 17.6 Å². The molecule has 1 aromatic rings. The Bertz CT molecular complexity index is 648. The third-order valence-corrected chi connectivity index (χ3v) is 5.42. The van der Waals surface area contributed by atoms with Crippen molar-refractivity contribution in [1.82, 2.24) is 4.31 Å². The average molecular weight is 378 g/mol. The van der Waals surface area contributed by atoms with Gasteiger partial charge in [-0.25, -0.2) is 17.1 Å². The fourth-order valence-corrected chi connectivity index (χ4v) is 3.86. The van der Waals surface area contributed by atoms with Gasteiger partial charge in [0.2, 0.25) is 10.0 Å². The molecule has 2 rings (SSSR count). The van der Waals surface area contributed by atoms with Gasteiger partial charge in [0.05, 0.1) is 11.8 Å². The first-order chi connectivity index (χ1) is 9.77. The molecule has 7 heteroatoms. The van der Waals surface area contributed by atoms with E-state index in [1.165, 1.54) is 22.7 Å². The molecular weight excluding hydrogens is 361 g/mol. The fourth-order valence-electron chi connectivity index (χ4n) is 2.58. The maximum Gasteiger partial charge on any atom is 0.211 e. The largest absolute Gasteiger partial charge is 0.294 e. The zero-order chi connectivity index (χ0) is 15.6. The minimum absolute atomic E-state index is 0.0518. The highest BCUT2D eigenvalue weighted by atomic mass is 79.9. The number of nitrogens with zero attached hydrogens (tertiary/aromatic N) is 1. The van der Waals surface area contributed by atoms with Crippen molar-refractivity contribution in [2.75, 3.05) is 19.3 Å². The summed E-state index contributed by atoms with van der Waals surface area (Å²) >= 11 is 3.15. The minimum atomic E-state index is -3.23. The molecule has 0 bridgehead atoms. The van der Waals surface area contributed by atoms with Crippen LogP contribution in [-0.2, 0) is 10.0 Å². The molecule has 0 aromatic heterocycles. The van der Waals surface area contributed by atoms with Gasteiger partial charge in [-0.15, -0.1) is 0 Å². The molecule has 0 amide bonds. The minimum Gasteiger partial charge on any atom is -0.294 e. The Labute approximate surface area is 132 Å². The molecule has 116 valence electrons. The highest BCUT2D eigenvalue weighted by Crippen LogP contribution is 2.24. The van der Waals surface area contributed by atoms with Gasteiger partial charge in [-0.05, 0) is 37.0 Å². The van der Waals surface area contributed by atoms with Crippen LogP contribution >= 0.6 is 15.9 Å². The summed E-state index contributed by atoms with van der Waals surface area (Å²) in [5, 5.41) is 0. The standard InChI is InChI=1S/C14H17BrFNO3S/c1-21(19,20)17-6-2-3-10(9-17)7-14(18)12-5-4-11(15)8-13(12)16/h4-5,8,10H,2-3,6-7,9H2,1H3. The van der Waals surface area contributed by atoms with Crippen LogP contribution in [0.4, 0.5) is 4.39 Å². The lowest BCUT2D eigenvalue weighted by Gasteiger charge is -2.30. The zero-order valence-electron chi connectivity index (χ0n) is 11.7. The lowest BCUT2D eigenvalue weighted by molar-refractivity contribution is 0.0938. The highest BCUT2D eigenvalue weighted by molar-refractivity contribution is 9.10. The Morgan fingerprint density at radius 2 is 2.19 bits per heavy atom. The van der Waals surface area contributed by atoms with E-state index >= 15 is 0 Å². The monoisotopic (exact) mass is 377 g/mol. The SMILES string of the molecule is CS(=O)(=O)N1CCCC(CC(=O)c2ccc(Br)cc2F)C1. The molecule has 0 aliphatic carbocycles. The smallest absolute Gasteiger partial charge is 0.211 e. The number of hydrogen-bond donors (Lipinski definition) is 0. The van der Waals surface area contributed by atoms with Crippen molar-refractivity contribution in [2.24, 2.45) is 5.92 Å². The Balaban J connectivity index is 2.05. The molecule has 0 spiro atoms. The Morgan fingerprint density at radius 3 is 2.81 bits per heavy atom. The fraction of sp³-hybridized carbons (Fsp3) is 0.500. The van der Waals surface area contributed by atoms with Crippen LogP contribution in [0.15, 0.2) is 22.7 Å². The van der Waals surface area contributed by atoms with Gasteiger partial charge in [-0.2, -0.15) is 0 Å². The molecule has 1 aliphatic heterocycles. The summed E-state index contributed by atoms with van der Waals surface area (Å²) in [4.78, 5) is 12.2. The number of carbonyl (C=O) groups is 1. The number of hydrogen-bond acceptors (Lipinski definition) is 3. The van der Waals surface area contributed by atoms with Crippen LogP contribution in [0.1, 0.15) is 29.6 Å². The number of rotatable bonds is 4. The third-order valence-electron chi connectivity index (χ3n) is 3.66. The second-order valence-electron chi connectivity index (χ2n) is 5.38. The van der Waals surface area contributed by atoms with E-state index in [1.54, 1.807) is 6.07 Å². The predicted octanol–water partition coefficient (Wildman–Crippen LogP) is 2.83. The number of ketones is 1. The molecule has 1 heterocycles. The van der Waals surface area contributed by atoms with Gasteiger partial charge in [-0.1, -0.05) is 15.9 Å². The summed E-state index contributed by atoms with van der Waals surface area (Å²) < 4.78 is 38.9. The van der Waals surface area contributed by atoms with E-state index in [1.807, 2.05) is 0 Å². The van der Waals surface area contributed by atoms with Crippen molar-refractivity contribution in [2.45, 2.75) is 19.3 Å². The van der Waals surface area contributed by atoms with Crippen LogP contribution in [-0.4, -0.2) is 37.9 Å². The van der Waals surface area contributed by atoms with Crippen molar-refractivity contribution in [3.63, 3.8) is 0 Å². The maximum atomic E-state index is 13.8. The zero-order valence-corrected chi connectivity index (χ0v) is 14.1. The molecule has 21 heavy (non-hydrogen) atoms. The summed E-state index contributed by atoms with van der Waals surface area (Å²) in [6.07, 6.45) is 2.86. The number of benzene rings is 1. The van der Waals surface area contributed by atoms with Gasteiger partial charge >= 0.3 is 0 Å². The van der Waals surface area contributed by atoms with Crippen LogP contribution in [0.25, 0.3) is 0 Å². The Kier molecular flexibility index (Phi) is 5.16. The second kappa shape index (κ2) is 6.54. The molecule has 0 radical (unpaired) electrons. The second-order valence-corrected chi connectivity index (χ2v) is 8.28. The van der Waals surface area contributed by atoms with E-state index in [0.29, 0.717) is 17.6 Å². The lowest BCUT2D eigenvalue weighted by atomic mass is 9.92. The molecule has 1 atom stereocenters. The van der Waals surface area contributed by atoms with Crippen molar-refractivity contribution in [3.05, 3.63) is 34.1 Å². The summed E-state index contributed by atoms with van der Waals surface area (Å²) in [6.45, 7) is 0.832. The lowest BCUT2D eigenvalue weighted by Crippen LogP contribution is -2.39. The van der Waals surface area contributed by atoms with Crippen LogP contribution in [0.2, 0.25) is 0 Å². The third kappa shape index (κ3) is 4.34. The van der Waals surface area contributed by atoms with Crippen LogP contribution < -0.4 is 0 Å². The molecule has 1 unspecified atom stereocenters. The van der Waals surface area contributed by atoms with E-state index < -0.39 is 15.8 Å². The number of halogens is 2. The van der Waals surface area contributed by atoms with Gasteiger partial charge < -0.3 is 0 Å². The normalized spacial score (nSPS) is 20.4. The van der Waals surface area contributed by atoms with Gasteiger partial charge in [-0.3, -0.25) is 4.79 Å². The first kappa shape index (κ1) is 16.6. The van der Waals surface area contributed by atoms with Crippen LogP contribution in [0.5, 0.6) is 0 Å². The quantitative estimate of drug-likeness (QED) is 0.758. The van der Waals surface area contributed by atoms with Gasteiger partial charge in [0.15, 0.2) is 5.78 Å². The van der Waals surface area contributed by atoms with E-state index in [4.69, 9.17) is 0 Å². The highest BCUT2D eigenvalue weighted by Gasteiger charge is 2.28. The molecular formula is C14H17BrFNO3S. The maximum absolute atomic E-state index is 13.8. The number of sulfonamides is 1. The first-order valence-corrected chi connectivity index (χ1v) is 9.35. The molecule has 1 fully saturated rings. The molecule has 4 nitrogen and oxygen atoms in total. The molecule has 1 aromatic carbocycles. The first-order valence-electron chi connectivity index (χ1n) is 6.71. The summed E-state index contributed by atoms with van der Waals surface area (Å²) in [6, 6.07) is 4.34. The van der Waals surface area contributed by atoms with Crippen molar-refractivity contribution in [3.8, 4) is 0 Å². The van der Waals surface area contributed by atoms with E-state index in [2.05, 4.69) is 15.9 Å². The Hall–Kier alpha value is -0.790. The van der Waals surface area contributed by atoms with Crippen molar-refractivity contribution < 1.29 is 17.6 Å². The van der Waals surface area contributed by atoms with Gasteiger partial charge in [0, 0.05) is 24.0 Å². The molecule has 0 saturated carbocycles. The van der Waals surface area contributed by atoms with Gasteiger partial charge in [0.1, 0.15) is 5.82 Å². The van der Waals surface area contributed by atoms with E-state index in [-0.39, 0.29) is 23.7 Å². The molecule has 1 aliphatic rings.